The van der Waals surface area contributed by atoms with E-state index in [9.17, 15) is 4.79 Å². The number of aromatic nitrogens is 2. The molecule has 0 saturated heterocycles. The molecule has 0 aliphatic carbocycles. The standard InChI is InChI=1S/C7H12N4O/c1-11(2)4-6-9-5(8)3-7(12)10-6/h3H,4H2,1-2H3,(H3,8,9,10,12). The van der Waals surface area contributed by atoms with Gasteiger partial charge in [0.15, 0.2) is 0 Å². The third-order valence-electron chi connectivity index (χ3n) is 1.28. The van der Waals surface area contributed by atoms with Crippen molar-refractivity contribution in [2.75, 3.05) is 19.8 Å². The van der Waals surface area contributed by atoms with Crippen LogP contribution in [0.1, 0.15) is 5.82 Å². The van der Waals surface area contributed by atoms with Crippen LogP contribution in [0.15, 0.2) is 10.9 Å². The first-order valence-corrected chi connectivity index (χ1v) is 3.58. The summed E-state index contributed by atoms with van der Waals surface area (Å²) in [6, 6.07) is 1.26. The van der Waals surface area contributed by atoms with E-state index in [1.54, 1.807) is 0 Å². The van der Waals surface area contributed by atoms with Gasteiger partial charge in [0.05, 0.1) is 6.54 Å². The summed E-state index contributed by atoms with van der Waals surface area (Å²) in [5.74, 6) is 0.848. The molecule has 0 radical (unpaired) electrons. The largest absolute Gasteiger partial charge is 0.383 e. The Balaban J connectivity index is 2.93. The Hall–Kier alpha value is -1.36. The number of aromatic amines is 1. The third-order valence-corrected chi connectivity index (χ3v) is 1.28. The van der Waals surface area contributed by atoms with Crippen LogP contribution in [0.4, 0.5) is 5.82 Å². The van der Waals surface area contributed by atoms with Crippen molar-refractivity contribution in [3.63, 3.8) is 0 Å². The summed E-state index contributed by atoms with van der Waals surface area (Å²) in [6.45, 7) is 0.584. The second kappa shape index (κ2) is 3.36. The van der Waals surface area contributed by atoms with E-state index in [2.05, 4.69) is 9.97 Å². The van der Waals surface area contributed by atoms with Crippen molar-refractivity contribution in [1.82, 2.24) is 14.9 Å². The summed E-state index contributed by atoms with van der Waals surface area (Å²) >= 11 is 0. The molecule has 66 valence electrons. The Morgan fingerprint density at radius 2 is 2.33 bits per heavy atom. The minimum Gasteiger partial charge on any atom is -0.383 e. The van der Waals surface area contributed by atoms with Gasteiger partial charge in [-0.15, -0.1) is 0 Å². The zero-order valence-electron chi connectivity index (χ0n) is 7.16. The smallest absolute Gasteiger partial charge is 0.253 e. The second-order valence-electron chi connectivity index (χ2n) is 2.85. The summed E-state index contributed by atoms with van der Waals surface area (Å²) in [5.41, 5.74) is 5.18. The van der Waals surface area contributed by atoms with Crippen LogP contribution < -0.4 is 11.3 Å². The normalized spacial score (nSPS) is 10.6. The van der Waals surface area contributed by atoms with Gasteiger partial charge in [-0.3, -0.25) is 4.79 Å². The van der Waals surface area contributed by atoms with E-state index < -0.39 is 0 Å². The topological polar surface area (TPSA) is 75.0 Å². The molecule has 0 aliphatic heterocycles. The number of nitrogen functional groups attached to an aromatic ring is 1. The van der Waals surface area contributed by atoms with Gasteiger partial charge in [0.25, 0.3) is 5.56 Å². The number of rotatable bonds is 2. The Kier molecular flexibility index (Phi) is 2.44. The maximum atomic E-state index is 10.9. The Labute approximate surface area is 70.2 Å². The first-order valence-electron chi connectivity index (χ1n) is 3.58. The molecule has 1 aromatic heterocycles. The van der Waals surface area contributed by atoms with E-state index in [0.29, 0.717) is 12.4 Å². The van der Waals surface area contributed by atoms with Gasteiger partial charge in [0.1, 0.15) is 11.6 Å². The Morgan fingerprint density at radius 3 is 2.83 bits per heavy atom. The van der Waals surface area contributed by atoms with Crippen LogP contribution in [0.2, 0.25) is 0 Å². The summed E-state index contributed by atoms with van der Waals surface area (Å²) in [7, 11) is 3.78. The lowest BCUT2D eigenvalue weighted by atomic mass is 10.5. The minimum absolute atomic E-state index is 0.209. The first-order chi connectivity index (χ1) is 5.58. The summed E-state index contributed by atoms with van der Waals surface area (Å²) < 4.78 is 0. The quantitative estimate of drug-likeness (QED) is 0.619. The second-order valence-corrected chi connectivity index (χ2v) is 2.85. The molecule has 0 fully saturated rings. The Morgan fingerprint density at radius 1 is 1.67 bits per heavy atom. The van der Waals surface area contributed by atoms with E-state index in [1.165, 1.54) is 6.07 Å². The van der Waals surface area contributed by atoms with Crippen molar-refractivity contribution in [3.05, 3.63) is 22.2 Å². The molecule has 0 amide bonds. The molecule has 12 heavy (non-hydrogen) atoms. The van der Waals surface area contributed by atoms with Crippen LogP contribution in [0.5, 0.6) is 0 Å². The number of nitrogens with two attached hydrogens (primary N) is 1. The third kappa shape index (κ3) is 2.35. The van der Waals surface area contributed by atoms with Crippen LogP contribution in [0, 0.1) is 0 Å². The predicted molar refractivity (Wildman–Crippen MR) is 46.7 cm³/mol. The Bertz CT molecular complexity index is 317. The van der Waals surface area contributed by atoms with Gasteiger partial charge in [-0.1, -0.05) is 0 Å². The van der Waals surface area contributed by atoms with Crippen molar-refractivity contribution >= 4 is 5.82 Å². The van der Waals surface area contributed by atoms with Gasteiger partial charge in [0.2, 0.25) is 0 Å². The van der Waals surface area contributed by atoms with E-state index in [4.69, 9.17) is 5.73 Å². The number of hydrogen-bond acceptors (Lipinski definition) is 4. The molecule has 1 heterocycles. The molecule has 5 heteroatoms. The molecule has 0 bridgehead atoms. The average Bonchev–Trinajstić information content (AvgIpc) is 1.81. The zero-order valence-corrected chi connectivity index (χ0v) is 7.16. The SMILES string of the molecule is CN(C)Cc1nc(N)cc(=O)[nH]1. The molecule has 0 atom stereocenters. The summed E-state index contributed by atoms with van der Waals surface area (Å²) in [5, 5.41) is 0. The zero-order chi connectivity index (χ0) is 9.14. The molecular weight excluding hydrogens is 156 g/mol. The van der Waals surface area contributed by atoms with Crippen LogP contribution in [-0.2, 0) is 6.54 Å². The predicted octanol–water partition coefficient (Wildman–Crippen LogP) is -0.586. The van der Waals surface area contributed by atoms with Gasteiger partial charge >= 0.3 is 0 Å². The molecule has 1 rings (SSSR count). The monoisotopic (exact) mass is 168 g/mol. The number of anilines is 1. The number of H-pyrrole nitrogens is 1. The fourth-order valence-corrected chi connectivity index (χ4v) is 0.903. The van der Waals surface area contributed by atoms with E-state index in [-0.39, 0.29) is 11.4 Å². The van der Waals surface area contributed by atoms with Gasteiger partial charge in [0, 0.05) is 6.07 Å². The number of nitrogens with one attached hydrogen (secondary N) is 1. The van der Waals surface area contributed by atoms with Gasteiger partial charge in [-0.25, -0.2) is 4.98 Å². The molecule has 3 N–H and O–H groups in total. The number of hydrogen-bond donors (Lipinski definition) is 2. The first kappa shape index (κ1) is 8.73. The fraction of sp³-hybridized carbons (Fsp3) is 0.429. The molecular formula is C7H12N4O. The maximum Gasteiger partial charge on any atom is 0.253 e. The van der Waals surface area contributed by atoms with Crippen LogP contribution in [0.25, 0.3) is 0 Å². The van der Waals surface area contributed by atoms with Crippen molar-refractivity contribution in [2.45, 2.75) is 6.54 Å². The highest BCUT2D eigenvalue weighted by Crippen LogP contribution is 1.94. The van der Waals surface area contributed by atoms with E-state index in [0.717, 1.165) is 0 Å². The van der Waals surface area contributed by atoms with Crippen LogP contribution in [-0.4, -0.2) is 29.0 Å². The molecule has 0 aliphatic rings. The van der Waals surface area contributed by atoms with Crippen molar-refractivity contribution in [1.29, 1.82) is 0 Å². The van der Waals surface area contributed by atoms with Gasteiger partial charge in [-0.05, 0) is 14.1 Å². The van der Waals surface area contributed by atoms with Gasteiger partial charge in [-0.2, -0.15) is 0 Å². The summed E-state index contributed by atoms with van der Waals surface area (Å²) in [4.78, 5) is 19.3. The van der Waals surface area contributed by atoms with Crippen LogP contribution >= 0.6 is 0 Å². The summed E-state index contributed by atoms with van der Waals surface area (Å²) in [6.07, 6.45) is 0. The average molecular weight is 168 g/mol. The minimum atomic E-state index is -0.209. The molecule has 0 aromatic carbocycles. The lowest BCUT2D eigenvalue weighted by Crippen LogP contribution is -2.18. The molecule has 0 saturated carbocycles. The van der Waals surface area contributed by atoms with E-state index >= 15 is 0 Å². The number of nitrogens with zero attached hydrogens (tertiary/aromatic N) is 2. The van der Waals surface area contributed by atoms with Gasteiger partial charge < -0.3 is 15.6 Å². The molecule has 5 nitrogen and oxygen atoms in total. The fourth-order valence-electron chi connectivity index (χ4n) is 0.903. The van der Waals surface area contributed by atoms with Crippen molar-refractivity contribution in [3.8, 4) is 0 Å². The highest BCUT2D eigenvalue weighted by atomic mass is 16.1. The highest BCUT2D eigenvalue weighted by Gasteiger charge is 1.98. The maximum absolute atomic E-state index is 10.9. The van der Waals surface area contributed by atoms with Crippen LogP contribution in [0.3, 0.4) is 0 Å². The van der Waals surface area contributed by atoms with Crippen molar-refractivity contribution in [2.24, 2.45) is 0 Å². The highest BCUT2D eigenvalue weighted by molar-refractivity contribution is 5.25. The van der Waals surface area contributed by atoms with E-state index in [1.807, 2.05) is 19.0 Å². The molecule has 0 unspecified atom stereocenters. The lowest BCUT2D eigenvalue weighted by Gasteiger charge is -2.07. The molecule has 0 spiro atoms. The van der Waals surface area contributed by atoms with Crippen molar-refractivity contribution < 1.29 is 0 Å². The molecule has 1 aromatic rings. The lowest BCUT2D eigenvalue weighted by molar-refractivity contribution is 0.390.